The van der Waals surface area contributed by atoms with Crippen LogP contribution in [-0.4, -0.2) is 9.55 Å². The highest BCUT2D eigenvalue weighted by molar-refractivity contribution is 6.00. The van der Waals surface area contributed by atoms with E-state index in [0.717, 1.165) is 12.2 Å². The van der Waals surface area contributed by atoms with Crippen LogP contribution in [0.15, 0.2) is 48.9 Å². The van der Waals surface area contributed by atoms with Gasteiger partial charge in [-0.3, -0.25) is 0 Å². The van der Waals surface area contributed by atoms with Gasteiger partial charge >= 0.3 is 0 Å². The maximum absolute atomic E-state index is 4.59. The number of fused-ring (bicyclic) bond motifs is 5. The normalized spacial score (nSPS) is 12.5. The second-order valence-corrected chi connectivity index (χ2v) is 7.40. The van der Waals surface area contributed by atoms with Gasteiger partial charge in [0.2, 0.25) is 5.69 Å². The van der Waals surface area contributed by atoms with Gasteiger partial charge in [0.05, 0.1) is 11.3 Å². The molecule has 2 aromatic heterocycles. The quantitative estimate of drug-likeness (QED) is 0.416. The highest BCUT2D eigenvalue weighted by atomic mass is 15.1. The van der Waals surface area contributed by atoms with Gasteiger partial charge in [0.15, 0.2) is 6.20 Å². The lowest BCUT2D eigenvalue weighted by Crippen LogP contribution is -2.32. The largest absolute Gasteiger partial charge is 0.303 e. The van der Waals surface area contributed by atoms with Crippen LogP contribution in [0.5, 0.6) is 0 Å². The van der Waals surface area contributed by atoms with Crippen molar-refractivity contribution in [1.82, 2.24) is 9.55 Å². The first-order valence-corrected chi connectivity index (χ1v) is 9.10. The zero-order valence-electron chi connectivity index (χ0n) is 15.7. The topological polar surface area (TPSA) is 21.7 Å². The van der Waals surface area contributed by atoms with Crippen LogP contribution >= 0.6 is 0 Å². The molecule has 0 saturated heterocycles. The van der Waals surface area contributed by atoms with Gasteiger partial charge in [-0.05, 0) is 42.8 Å². The Labute approximate surface area is 153 Å². The number of hydrogen-bond donors (Lipinski definition) is 0. The molecule has 0 bridgehead atoms. The van der Waals surface area contributed by atoms with Crippen LogP contribution in [-0.2, 0) is 13.5 Å². The summed E-state index contributed by atoms with van der Waals surface area (Å²) in [5, 5.41) is 2.63. The highest BCUT2D eigenvalue weighted by Gasteiger charge is 2.29. The van der Waals surface area contributed by atoms with E-state index in [1.54, 1.807) is 0 Å². The molecule has 0 amide bonds. The van der Waals surface area contributed by atoms with Crippen LogP contribution in [0.25, 0.3) is 27.7 Å². The molecule has 3 nitrogen and oxygen atoms in total. The molecular weight excluding hydrogens is 318 g/mol. The molecule has 1 aliphatic heterocycles. The van der Waals surface area contributed by atoms with Gasteiger partial charge in [0, 0.05) is 35.8 Å². The third kappa shape index (κ3) is 1.94. The predicted octanol–water partition coefficient (Wildman–Crippen LogP) is 4.35. The average molecular weight is 340 g/mol. The zero-order chi connectivity index (χ0) is 18.0. The maximum Gasteiger partial charge on any atom is 0.213 e. The Morgan fingerprint density at radius 3 is 2.62 bits per heavy atom. The first kappa shape index (κ1) is 15.3. The van der Waals surface area contributed by atoms with Crippen molar-refractivity contribution in [2.24, 2.45) is 7.05 Å². The van der Waals surface area contributed by atoms with Gasteiger partial charge in [-0.2, -0.15) is 0 Å². The number of rotatable bonds is 1. The summed E-state index contributed by atoms with van der Waals surface area (Å²) in [6.45, 7) is 6.63. The number of imidazole rings is 1. The predicted molar refractivity (Wildman–Crippen MR) is 105 cm³/mol. The molecule has 1 aliphatic rings. The summed E-state index contributed by atoms with van der Waals surface area (Å²) in [4.78, 5) is 4.59. The molecule has 0 saturated carbocycles. The molecule has 0 N–H and O–H groups in total. The molecule has 2 aromatic carbocycles. The summed E-state index contributed by atoms with van der Waals surface area (Å²) >= 11 is 0. The third-order valence-corrected chi connectivity index (χ3v) is 5.84. The molecule has 3 heteroatoms. The summed E-state index contributed by atoms with van der Waals surface area (Å²) in [5.41, 5.74) is 9.32. The van der Waals surface area contributed by atoms with Crippen LogP contribution in [0.2, 0.25) is 0 Å². The van der Waals surface area contributed by atoms with Crippen LogP contribution in [0.3, 0.4) is 0 Å². The number of hydrogen-bond acceptors (Lipinski definition) is 1. The Morgan fingerprint density at radius 1 is 1.04 bits per heavy atom. The molecule has 3 heterocycles. The molecule has 0 atom stereocenters. The van der Waals surface area contributed by atoms with E-state index >= 15 is 0 Å². The molecule has 4 aromatic rings. The second kappa shape index (κ2) is 5.28. The van der Waals surface area contributed by atoms with E-state index in [1.165, 1.54) is 50.0 Å². The number of nitrogens with zero attached hydrogens (tertiary/aromatic N) is 3. The molecule has 0 radical (unpaired) electrons. The van der Waals surface area contributed by atoms with Crippen molar-refractivity contribution in [2.45, 2.75) is 27.2 Å². The van der Waals surface area contributed by atoms with Crippen molar-refractivity contribution in [2.75, 3.05) is 0 Å². The summed E-state index contributed by atoms with van der Waals surface area (Å²) in [6, 6.07) is 11.1. The fraction of sp³-hybridized carbons (Fsp3) is 0.217. The maximum atomic E-state index is 4.59. The third-order valence-electron chi connectivity index (χ3n) is 5.84. The molecule has 5 rings (SSSR count). The monoisotopic (exact) mass is 340 g/mol. The Morgan fingerprint density at radius 2 is 1.81 bits per heavy atom. The number of aromatic nitrogens is 3. The van der Waals surface area contributed by atoms with E-state index in [4.69, 9.17) is 0 Å². The Kier molecular flexibility index (Phi) is 3.11. The van der Waals surface area contributed by atoms with Crippen molar-refractivity contribution in [3.63, 3.8) is 0 Å². The lowest BCUT2D eigenvalue weighted by Gasteiger charge is -2.16. The van der Waals surface area contributed by atoms with E-state index < -0.39 is 0 Å². The highest BCUT2D eigenvalue weighted by Crippen LogP contribution is 2.42. The lowest BCUT2D eigenvalue weighted by molar-refractivity contribution is -0.660. The first-order valence-electron chi connectivity index (χ1n) is 9.10. The summed E-state index contributed by atoms with van der Waals surface area (Å²) in [7, 11) is 2.15. The van der Waals surface area contributed by atoms with Gasteiger partial charge < -0.3 is 4.57 Å². The summed E-state index contributed by atoms with van der Waals surface area (Å²) in [5.74, 6) is 1.13. The number of pyridine rings is 1. The lowest BCUT2D eigenvalue weighted by atomic mass is 9.89. The van der Waals surface area contributed by atoms with Gasteiger partial charge in [-0.15, -0.1) is 0 Å². The first-order chi connectivity index (χ1) is 12.6. The van der Waals surface area contributed by atoms with Gasteiger partial charge in [-0.1, -0.05) is 24.3 Å². The molecule has 0 unspecified atom stereocenters. The molecular formula is C23H22N3+. The van der Waals surface area contributed by atoms with E-state index in [-0.39, 0.29) is 0 Å². The Bertz CT molecular complexity index is 1200. The van der Waals surface area contributed by atoms with Crippen LogP contribution in [0.1, 0.15) is 28.1 Å². The minimum absolute atomic E-state index is 0.885. The van der Waals surface area contributed by atoms with Gasteiger partial charge in [-0.25, -0.2) is 9.55 Å². The van der Waals surface area contributed by atoms with Crippen molar-refractivity contribution < 1.29 is 4.57 Å². The molecule has 0 spiro atoms. The number of benzene rings is 2. The van der Waals surface area contributed by atoms with E-state index in [1.807, 2.05) is 6.20 Å². The SMILES string of the molecule is Cc1cc(-c2c3c(c4ccccc4c2C)-n2ccnc2C3)[n+](C)cc1C. The zero-order valence-corrected chi connectivity index (χ0v) is 15.7. The molecule has 0 fully saturated rings. The fourth-order valence-corrected chi connectivity index (χ4v) is 4.41. The summed E-state index contributed by atoms with van der Waals surface area (Å²) < 4.78 is 4.53. The fourth-order valence-electron chi connectivity index (χ4n) is 4.41. The standard InChI is InChI=1S/C23H22N3/c1-14-11-20(25(4)13-15(14)2)22-16(3)17-7-5-6-8-18(17)23-19(22)12-21-24-9-10-26(21)23/h5-11,13H,12H2,1-4H3/q+1. The second-order valence-electron chi connectivity index (χ2n) is 7.40. The average Bonchev–Trinajstić information content (AvgIpc) is 3.20. The van der Waals surface area contributed by atoms with Crippen molar-refractivity contribution >= 4 is 10.8 Å². The van der Waals surface area contributed by atoms with Crippen LogP contribution < -0.4 is 4.57 Å². The van der Waals surface area contributed by atoms with Gasteiger partial charge in [0.1, 0.15) is 12.9 Å². The molecule has 0 aliphatic carbocycles. The Hall–Kier alpha value is -2.94. The Balaban J connectivity index is 1.95. The van der Waals surface area contributed by atoms with Crippen LogP contribution in [0, 0.1) is 20.8 Å². The van der Waals surface area contributed by atoms with E-state index in [9.17, 15) is 0 Å². The van der Waals surface area contributed by atoms with Crippen molar-refractivity contribution in [3.8, 4) is 16.9 Å². The summed E-state index contributed by atoms with van der Waals surface area (Å²) in [6.07, 6.45) is 7.12. The van der Waals surface area contributed by atoms with Gasteiger partial charge in [0.25, 0.3) is 0 Å². The number of aryl methyl sites for hydroxylation is 4. The molecule has 128 valence electrons. The van der Waals surface area contributed by atoms with E-state index in [0.29, 0.717) is 0 Å². The van der Waals surface area contributed by atoms with Crippen molar-refractivity contribution in [3.05, 3.63) is 77.0 Å². The molecule has 26 heavy (non-hydrogen) atoms. The smallest absolute Gasteiger partial charge is 0.213 e. The minimum atomic E-state index is 0.885. The van der Waals surface area contributed by atoms with Crippen LogP contribution in [0.4, 0.5) is 0 Å². The minimum Gasteiger partial charge on any atom is -0.303 e. The van der Waals surface area contributed by atoms with E-state index in [2.05, 4.69) is 84.7 Å². The van der Waals surface area contributed by atoms with Crippen molar-refractivity contribution in [1.29, 1.82) is 0 Å².